The van der Waals surface area contributed by atoms with Gasteiger partial charge in [0.1, 0.15) is 0 Å². The maximum atomic E-state index is 12.1. The van der Waals surface area contributed by atoms with Crippen LogP contribution in [0.5, 0.6) is 0 Å². The molecule has 0 aromatic heterocycles. The predicted molar refractivity (Wildman–Crippen MR) is 76.2 cm³/mol. The molecule has 1 aliphatic heterocycles. The zero-order valence-electron chi connectivity index (χ0n) is 11.0. The minimum absolute atomic E-state index is 0.0573. The summed E-state index contributed by atoms with van der Waals surface area (Å²) in [5.41, 5.74) is 0.821. The molecule has 1 N–H and O–H groups in total. The van der Waals surface area contributed by atoms with Crippen molar-refractivity contribution >= 4 is 11.7 Å². The maximum absolute atomic E-state index is 12.1. The summed E-state index contributed by atoms with van der Waals surface area (Å²) in [6, 6.07) is 9.44. The fraction of sp³-hybridized carbons (Fsp3) is 0.400. The molecule has 4 nitrogen and oxygen atoms in total. The van der Waals surface area contributed by atoms with Gasteiger partial charge in [0.05, 0.1) is 12.7 Å². The summed E-state index contributed by atoms with van der Waals surface area (Å²) in [5.74, 6) is 0. The molecule has 1 aromatic rings. The standard InChI is InChI=1S/C15H20N2O2/c1-2-11-19-14-9-6-10-17(12-14)15(18)16-13-7-4-3-5-8-13/h2-5,7-8,14H,1,6,9-12H2,(H,16,18). The first-order valence-electron chi connectivity index (χ1n) is 6.63. The number of hydrogen-bond acceptors (Lipinski definition) is 2. The van der Waals surface area contributed by atoms with Gasteiger partial charge in [0, 0.05) is 18.8 Å². The third-order valence-corrected chi connectivity index (χ3v) is 3.14. The van der Waals surface area contributed by atoms with Crippen molar-refractivity contribution in [1.82, 2.24) is 4.90 Å². The minimum Gasteiger partial charge on any atom is -0.372 e. The van der Waals surface area contributed by atoms with Gasteiger partial charge in [-0.3, -0.25) is 0 Å². The average molecular weight is 260 g/mol. The van der Waals surface area contributed by atoms with Crippen LogP contribution in [0.3, 0.4) is 0 Å². The number of nitrogens with one attached hydrogen (secondary N) is 1. The molecule has 0 aliphatic carbocycles. The normalized spacial score (nSPS) is 18.9. The van der Waals surface area contributed by atoms with Gasteiger partial charge < -0.3 is 15.0 Å². The molecule has 2 amide bonds. The van der Waals surface area contributed by atoms with Gasteiger partial charge >= 0.3 is 6.03 Å². The lowest BCUT2D eigenvalue weighted by atomic mass is 10.1. The molecule has 2 rings (SSSR count). The molecule has 0 bridgehead atoms. The number of nitrogens with zero attached hydrogens (tertiary/aromatic N) is 1. The number of benzene rings is 1. The topological polar surface area (TPSA) is 41.6 Å². The Kier molecular flexibility index (Phi) is 4.98. The van der Waals surface area contributed by atoms with Crippen LogP contribution in [0, 0.1) is 0 Å². The van der Waals surface area contributed by atoms with Crippen molar-refractivity contribution in [3.05, 3.63) is 43.0 Å². The highest BCUT2D eigenvalue weighted by atomic mass is 16.5. The van der Waals surface area contributed by atoms with Gasteiger partial charge in [0.25, 0.3) is 0 Å². The molecule has 1 aliphatic rings. The zero-order chi connectivity index (χ0) is 13.5. The van der Waals surface area contributed by atoms with Crippen molar-refractivity contribution in [3.63, 3.8) is 0 Å². The third-order valence-electron chi connectivity index (χ3n) is 3.14. The quantitative estimate of drug-likeness (QED) is 0.846. The van der Waals surface area contributed by atoms with E-state index in [-0.39, 0.29) is 12.1 Å². The smallest absolute Gasteiger partial charge is 0.321 e. The van der Waals surface area contributed by atoms with E-state index >= 15 is 0 Å². The second-order valence-corrected chi connectivity index (χ2v) is 4.63. The molecule has 19 heavy (non-hydrogen) atoms. The van der Waals surface area contributed by atoms with E-state index in [1.54, 1.807) is 6.08 Å². The lowest BCUT2D eigenvalue weighted by molar-refractivity contribution is 0.0262. The molecule has 1 heterocycles. The van der Waals surface area contributed by atoms with Gasteiger partial charge in [-0.15, -0.1) is 6.58 Å². The Bertz CT molecular complexity index is 419. The van der Waals surface area contributed by atoms with Gasteiger partial charge in [-0.05, 0) is 25.0 Å². The van der Waals surface area contributed by atoms with Crippen LogP contribution in [-0.4, -0.2) is 36.7 Å². The van der Waals surface area contributed by atoms with Crippen LogP contribution in [0.15, 0.2) is 43.0 Å². The van der Waals surface area contributed by atoms with Crippen LogP contribution in [-0.2, 0) is 4.74 Å². The Balaban J connectivity index is 1.86. The van der Waals surface area contributed by atoms with Gasteiger partial charge in [-0.1, -0.05) is 24.3 Å². The number of hydrogen-bond donors (Lipinski definition) is 1. The number of urea groups is 1. The molecule has 0 saturated carbocycles. The number of para-hydroxylation sites is 1. The molecule has 1 aromatic carbocycles. The summed E-state index contributed by atoms with van der Waals surface area (Å²) in [6.07, 6.45) is 3.84. The van der Waals surface area contributed by atoms with E-state index in [0.29, 0.717) is 13.2 Å². The second kappa shape index (κ2) is 6.95. The summed E-state index contributed by atoms with van der Waals surface area (Å²) in [7, 11) is 0. The Hall–Kier alpha value is -1.81. The zero-order valence-corrected chi connectivity index (χ0v) is 11.0. The minimum atomic E-state index is -0.0573. The van der Waals surface area contributed by atoms with Crippen molar-refractivity contribution in [1.29, 1.82) is 0 Å². The number of carbonyl (C=O) groups is 1. The van der Waals surface area contributed by atoms with Gasteiger partial charge in [-0.2, -0.15) is 0 Å². The Labute approximate surface area is 114 Å². The summed E-state index contributed by atoms with van der Waals surface area (Å²) < 4.78 is 5.62. The van der Waals surface area contributed by atoms with Crippen LogP contribution in [0.4, 0.5) is 10.5 Å². The molecule has 4 heteroatoms. The summed E-state index contributed by atoms with van der Waals surface area (Å²) in [4.78, 5) is 13.9. The van der Waals surface area contributed by atoms with Gasteiger partial charge in [0.2, 0.25) is 0 Å². The number of likely N-dealkylation sites (tertiary alicyclic amines) is 1. The van der Waals surface area contributed by atoms with Crippen molar-refractivity contribution in [2.75, 3.05) is 25.0 Å². The molecule has 0 radical (unpaired) electrons. The van der Waals surface area contributed by atoms with E-state index in [0.717, 1.165) is 25.1 Å². The second-order valence-electron chi connectivity index (χ2n) is 4.63. The Morgan fingerprint density at radius 3 is 3.00 bits per heavy atom. The van der Waals surface area contributed by atoms with Crippen molar-refractivity contribution in [2.24, 2.45) is 0 Å². The monoisotopic (exact) mass is 260 g/mol. The lowest BCUT2D eigenvalue weighted by Gasteiger charge is -2.32. The number of ether oxygens (including phenoxy) is 1. The van der Waals surface area contributed by atoms with Crippen LogP contribution >= 0.6 is 0 Å². The number of rotatable bonds is 4. The van der Waals surface area contributed by atoms with E-state index in [1.165, 1.54) is 0 Å². The first-order chi connectivity index (χ1) is 9.29. The third kappa shape index (κ3) is 4.10. The largest absolute Gasteiger partial charge is 0.372 e. The lowest BCUT2D eigenvalue weighted by Crippen LogP contribution is -2.45. The Morgan fingerprint density at radius 2 is 2.26 bits per heavy atom. The number of carbonyl (C=O) groups excluding carboxylic acids is 1. The van der Waals surface area contributed by atoms with Crippen LogP contribution in [0.1, 0.15) is 12.8 Å². The highest BCUT2D eigenvalue weighted by molar-refractivity contribution is 5.89. The molecule has 1 atom stereocenters. The fourth-order valence-corrected chi connectivity index (χ4v) is 2.19. The maximum Gasteiger partial charge on any atom is 0.321 e. The highest BCUT2D eigenvalue weighted by Crippen LogP contribution is 2.15. The SMILES string of the molecule is C=CCOC1CCCN(C(=O)Nc2ccccc2)C1. The first-order valence-corrected chi connectivity index (χ1v) is 6.63. The van der Waals surface area contributed by atoms with E-state index in [2.05, 4.69) is 11.9 Å². The van der Waals surface area contributed by atoms with Crippen molar-refractivity contribution in [3.8, 4) is 0 Å². The molecule has 1 fully saturated rings. The molecule has 1 unspecified atom stereocenters. The molecule has 0 spiro atoms. The molecule has 1 saturated heterocycles. The Morgan fingerprint density at radius 1 is 1.47 bits per heavy atom. The predicted octanol–water partition coefficient (Wildman–Crippen LogP) is 2.89. The summed E-state index contributed by atoms with van der Waals surface area (Å²) in [5, 5.41) is 2.90. The van der Waals surface area contributed by atoms with E-state index in [1.807, 2.05) is 35.2 Å². The van der Waals surface area contributed by atoms with Crippen LogP contribution < -0.4 is 5.32 Å². The number of piperidine rings is 1. The van der Waals surface area contributed by atoms with Crippen molar-refractivity contribution < 1.29 is 9.53 Å². The highest BCUT2D eigenvalue weighted by Gasteiger charge is 2.23. The van der Waals surface area contributed by atoms with Crippen LogP contribution in [0.2, 0.25) is 0 Å². The van der Waals surface area contributed by atoms with E-state index in [4.69, 9.17) is 4.74 Å². The molecular weight excluding hydrogens is 240 g/mol. The van der Waals surface area contributed by atoms with Crippen molar-refractivity contribution in [2.45, 2.75) is 18.9 Å². The van der Waals surface area contributed by atoms with E-state index < -0.39 is 0 Å². The first kappa shape index (κ1) is 13.6. The molecular formula is C15H20N2O2. The number of amides is 2. The average Bonchev–Trinajstić information content (AvgIpc) is 2.46. The van der Waals surface area contributed by atoms with Gasteiger partial charge in [0.15, 0.2) is 0 Å². The fourth-order valence-electron chi connectivity index (χ4n) is 2.19. The van der Waals surface area contributed by atoms with E-state index in [9.17, 15) is 4.79 Å². The summed E-state index contributed by atoms with van der Waals surface area (Å²) in [6.45, 7) is 5.61. The van der Waals surface area contributed by atoms with Gasteiger partial charge in [-0.25, -0.2) is 4.79 Å². The summed E-state index contributed by atoms with van der Waals surface area (Å²) >= 11 is 0. The molecule has 102 valence electrons. The van der Waals surface area contributed by atoms with Crippen LogP contribution in [0.25, 0.3) is 0 Å². The number of anilines is 1.